The Labute approximate surface area is 164 Å². The summed E-state index contributed by atoms with van der Waals surface area (Å²) in [6.45, 7) is 3.95. The van der Waals surface area contributed by atoms with Gasteiger partial charge in [0.1, 0.15) is 17.3 Å². The van der Waals surface area contributed by atoms with Crippen LogP contribution in [-0.4, -0.2) is 27.8 Å². The number of methoxy groups -OCH3 is 1. The van der Waals surface area contributed by atoms with Gasteiger partial charge in [0.15, 0.2) is 0 Å². The molecule has 2 aliphatic rings. The predicted octanol–water partition coefficient (Wildman–Crippen LogP) is 4.20. The van der Waals surface area contributed by atoms with Gasteiger partial charge in [-0.3, -0.25) is 4.90 Å². The number of nitrogens with zero attached hydrogens (tertiary/aromatic N) is 3. The highest BCUT2D eigenvalue weighted by Gasteiger charge is 2.32. The third kappa shape index (κ3) is 2.73. The molecule has 0 spiro atoms. The molecule has 0 saturated carbocycles. The lowest BCUT2D eigenvalue weighted by Gasteiger charge is -2.30. The highest BCUT2D eigenvalue weighted by molar-refractivity contribution is 5.43. The standard InChI is InChI=1S/C23H24FN3O/c1-15-18-12-17(26-13-16-6-5-9-23(28-2)19(16)14-26)10-11-21(18)25-27(15)22-8-4-3-7-20(22)24/h3-9,17H,10-14H2,1-2H3. The van der Waals surface area contributed by atoms with Gasteiger partial charge in [-0.15, -0.1) is 0 Å². The van der Waals surface area contributed by atoms with Gasteiger partial charge < -0.3 is 4.74 Å². The van der Waals surface area contributed by atoms with Crippen LogP contribution in [0, 0.1) is 12.7 Å². The number of aryl methyl sites for hydroxylation is 1. The zero-order valence-corrected chi connectivity index (χ0v) is 16.3. The van der Waals surface area contributed by atoms with E-state index in [1.54, 1.807) is 23.9 Å². The van der Waals surface area contributed by atoms with Crippen LogP contribution in [0.5, 0.6) is 5.75 Å². The fourth-order valence-electron chi connectivity index (χ4n) is 4.74. The smallest absolute Gasteiger partial charge is 0.148 e. The molecule has 3 aromatic rings. The molecule has 1 unspecified atom stereocenters. The first-order chi connectivity index (χ1) is 13.7. The van der Waals surface area contributed by atoms with Crippen LogP contribution >= 0.6 is 0 Å². The number of aromatic nitrogens is 2. The largest absolute Gasteiger partial charge is 0.496 e. The van der Waals surface area contributed by atoms with E-state index in [4.69, 9.17) is 9.84 Å². The molecule has 5 heteroatoms. The third-order valence-electron chi connectivity index (χ3n) is 6.26. The average Bonchev–Trinajstić information content (AvgIpc) is 3.29. The molecule has 2 aromatic carbocycles. The van der Waals surface area contributed by atoms with Gasteiger partial charge in [0.2, 0.25) is 0 Å². The SMILES string of the molecule is COc1cccc2c1CN(C1CCc3nn(-c4ccccc4F)c(C)c3C1)C2. The van der Waals surface area contributed by atoms with Crippen LogP contribution < -0.4 is 4.74 Å². The Morgan fingerprint density at radius 1 is 1.07 bits per heavy atom. The first-order valence-electron chi connectivity index (χ1n) is 9.86. The molecule has 0 fully saturated rings. The topological polar surface area (TPSA) is 30.3 Å². The maximum absolute atomic E-state index is 14.3. The normalized spacial score (nSPS) is 18.8. The number of hydrogen-bond donors (Lipinski definition) is 0. The second kappa shape index (κ2) is 6.74. The van der Waals surface area contributed by atoms with Crippen molar-refractivity contribution < 1.29 is 9.13 Å². The Hall–Kier alpha value is -2.66. The molecule has 1 aliphatic heterocycles. The molecule has 1 aliphatic carbocycles. The van der Waals surface area contributed by atoms with Crippen molar-refractivity contribution in [2.75, 3.05) is 7.11 Å². The number of fused-ring (bicyclic) bond motifs is 2. The maximum Gasteiger partial charge on any atom is 0.148 e. The lowest BCUT2D eigenvalue weighted by Crippen LogP contribution is -2.35. The molecule has 144 valence electrons. The van der Waals surface area contributed by atoms with Crippen LogP contribution in [0.4, 0.5) is 4.39 Å². The number of halogens is 1. The molecular weight excluding hydrogens is 353 g/mol. The Morgan fingerprint density at radius 3 is 2.75 bits per heavy atom. The maximum atomic E-state index is 14.3. The van der Waals surface area contributed by atoms with E-state index < -0.39 is 0 Å². The Morgan fingerprint density at radius 2 is 1.93 bits per heavy atom. The van der Waals surface area contributed by atoms with Crippen molar-refractivity contribution in [2.24, 2.45) is 0 Å². The first kappa shape index (κ1) is 17.4. The predicted molar refractivity (Wildman–Crippen MR) is 106 cm³/mol. The van der Waals surface area contributed by atoms with Crippen molar-refractivity contribution >= 4 is 0 Å². The molecule has 0 N–H and O–H groups in total. The zero-order chi connectivity index (χ0) is 19.3. The average molecular weight is 377 g/mol. The summed E-state index contributed by atoms with van der Waals surface area (Å²) in [6, 6.07) is 13.7. The van der Waals surface area contributed by atoms with Crippen LogP contribution in [0.2, 0.25) is 0 Å². The van der Waals surface area contributed by atoms with Crippen molar-refractivity contribution in [3.05, 3.63) is 76.4 Å². The van der Waals surface area contributed by atoms with E-state index in [1.165, 1.54) is 22.8 Å². The minimum absolute atomic E-state index is 0.232. The first-order valence-corrected chi connectivity index (χ1v) is 9.86. The highest BCUT2D eigenvalue weighted by atomic mass is 19.1. The van der Waals surface area contributed by atoms with Crippen LogP contribution in [-0.2, 0) is 25.9 Å². The second-order valence-electron chi connectivity index (χ2n) is 7.77. The highest BCUT2D eigenvalue weighted by Crippen LogP contribution is 2.36. The summed E-state index contributed by atoms with van der Waals surface area (Å²) in [5, 5.41) is 4.75. The molecule has 4 nitrogen and oxygen atoms in total. The van der Waals surface area contributed by atoms with Gasteiger partial charge >= 0.3 is 0 Å². The summed E-state index contributed by atoms with van der Waals surface area (Å²) in [5.41, 5.74) is 6.66. The van der Waals surface area contributed by atoms with Gasteiger partial charge in [0, 0.05) is 30.4 Å². The quantitative estimate of drug-likeness (QED) is 0.685. The van der Waals surface area contributed by atoms with Crippen molar-refractivity contribution in [1.82, 2.24) is 14.7 Å². The summed E-state index contributed by atoms with van der Waals surface area (Å²) in [5.74, 6) is 0.754. The van der Waals surface area contributed by atoms with E-state index in [9.17, 15) is 4.39 Å². The summed E-state index contributed by atoms with van der Waals surface area (Å²) >= 11 is 0. The monoisotopic (exact) mass is 377 g/mol. The lowest BCUT2D eigenvalue weighted by molar-refractivity contribution is 0.180. The molecule has 0 bridgehead atoms. The molecule has 1 aromatic heterocycles. The number of para-hydroxylation sites is 1. The van der Waals surface area contributed by atoms with E-state index in [0.29, 0.717) is 11.7 Å². The third-order valence-corrected chi connectivity index (χ3v) is 6.26. The molecule has 0 saturated heterocycles. The summed E-state index contributed by atoms with van der Waals surface area (Å²) in [7, 11) is 1.74. The molecule has 1 atom stereocenters. The lowest BCUT2D eigenvalue weighted by atomic mass is 9.91. The molecule has 28 heavy (non-hydrogen) atoms. The number of rotatable bonds is 3. The second-order valence-corrected chi connectivity index (χ2v) is 7.77. The van der Waals surface area contributed by atoms with Crippen LogP contribution in [0.25, 0.3) is 5.69 Å². The zero-order valence-electron chi connectivity index (χ0n) is 16.3. The van der Waals surface area contributed by atoms with Crippen molar-refractivity contribution in [3.63, 3.8) is 0 Å². The fourth-order valence-corrected chi connectivity index (χ4v) is 4.74. The summed E-state index contributed by atoms with van der Waals surface area (Å²) in [6.07, 6.45) is 2.98. The van der Waals surface area contributed by atoms with Crippen LogP contribution in [0.1, 0.15) is 34.5 Å². The molecule has 0 amide bonds. The Kier molecular flexibility index (Phi) is 4.20. The van der Waals surface area contributed by atoms with Gasteiger partial charge in [0.25, 0.3) is 0 Å². The van der Waals surface area contributed by atoms with Crippen molar-refractivity contribution in [2.45, 2.75) is 45.3 Å². The van der Waals surface area contributed by atoms with Gasteiger partial charge in [-0.05, 0) is 55.5 Å². The number of benzene rings is 2. The molecular formula is C23H24FN3O. The van der Waals surface area contributed by atoms with Gasteiger partial charge in [-0.1, -0.05) is 24.3 Å². The van der Waals surface area contributed by atoms with E-state index in [1.807, 2.05) is 12.1 Å². The Balaban J connectivity index is 1.42. The number of ether oxygens (including phenoxy) is 1. The molecule has 0 radical (unpaired) electrons. The Bertz CT molecular complexity index is 1040. The molecule has 5 rings (SSSR count). The van der Waals surface area contributed by atoms with E-state index in [0.717, 1.165) is 49.5 Å². The minimum Gasteiger partial charge on any atom is -0.496 e. The van der Waals surface area contributed by atoms with Crippen molar-refractivity contribution in [1.29, 1.82) is 0 Å². The van der Waals surface area contributed by atoms with Crippen molar-refractivity contribution in [3.8, 4) is 11.4 Å². The van der Waals surface area contributed by atoms with E-state index in [2.05, 4.69) is 24.0 Å². The van der Waals surface area contributed by atoms with Crippen LogP contribution in [0.3, 0.4) is 0 Å². The fraction of sp³-hybridized carbons (Fsp3) is 0.348. The van der Waals surface area contributed by atoms with Crippen LogP contribution in [0.15, 0.2) is 42.5 Å². The van der Waals surface area contributed by atoms with E-state index in [-0.39, 0.29) is 5.82 Å². The summed E-state index contributed by atoms with van der Waals surface area (Å²) in [4.78, 5) is 2.55. The summed E-state index contributed by atoms with van der Waals surface area (Å²) < 4.78 is 21.6. The minimum atomic E-state index is -0.232. The molecule has 2 heterocycles. The van der Waals surface area contributed by atoms with Gasteiger partial charge in [0.05, 0.1) is 12.8 Å². The van der Waals surface area contributed by atoms with Gasteiger partial charge in [-0.25, -0.2) is 9.07 Å². The van der Waals surface area contributed by atoms with Gasteiger partial charge in [-0.2, -0.15) is 5.10 Å². The van der Waals surface area contributed by atoms with E-state index >= 15 is 0 Å². The number of hydrogen-bond acceptors (Lipinski definition) is 3.